The monoisotopic (exact) mass is 510 g/mol. The Labute approximate surface area is 210 Å². The van der Waals surface area contributed by atoms with E-state index in [2.05, 4.69) is 6.58 Å². The van der Waals surface area contributed by atoms with Crippen molar-refractivity contribution in [3.63, 3.8) is 0 Å². The lowest BCUT2D eigenvalue weighted by Gasteiger charge is -2.32. The normalized spacial score (nSPS) is 14.8. The van der Waals surface area contributed by atoms with E-state index in [1.54, 1.807) is 51.1 Å². The zero-order chi connectivity index (χ0) is 27.2. The summed E-state index contributed by atoms with van der Waals surface area (Å²) in [4.78, 5) is 24.5. The van der Waals surface area contributed by atoms with E-state index >= 15 is 0 Å². The number of carboxylic acid groups (broad SMARTS) is 1. The lowest BCUT2D eigenvalue weighted by atomic mass is 9.81. The first kappa shape index (κ1) is 31.1. The molecular formula is C27H43O7P. The smallest absolute Gasteiger partial charge is 0.336 e. The van der Waals surface area contributed by atoms with Gasteiger partial charge in [-0.15, -0.1) is 6.58 Å². The molecule has 1 rings (SSSR count). The molecule has 7 nitrogen and oxygen atoms in total. The Bertz CT molecular complexity index is 895. The van der Waals surface area contributed by atoms with Crippen LogP contribution in [0.25, 0.3) is 0 Å². The van der Waals surface area contributed by atoms with E-state index in [0.717, 1.165) is 11.1 Å². The van der Waals surface area contributed by atoms with Crippen LogP contribution >= 0.6 is 7.60 Å². The van der Waals surface area contributed by atoms with Crippen molar-refractivity contribution >= 4 is 19.5 Å². The van der Waals surface area contributed by atoms with Crippen LogP contribution in [0.2, 0.25) is 0 Å². The summed E-state index contributed by atoms with van der Waals surface area (Å²) in [6, 6.07) is 7.19. The Morgan fingerprint density at radius 2 is 1.43 bits per heavy atom. The van der Waals surface area contributed by atoms with Crippen LogP contribution in [0, 0.1) is 5.92 Å². The Balaban J connectivity index is 3.21. The van der Waals surface area contributed by atoms with Gasteiger partial charge in [-0.2, -0.15) is 0 Å². The fourth-order valence-electron chi connectivity index (χ4n) is 3.69. The molecule has 2 atom stereocenters. The Morgan fingerprint density at radius 3 is 1.80 bits per heavy atom. The number of carboxylic acids is 1. The first-order chi connectivity index (χ1) is 15.7. The fourth-order valence-corrected chi connectivity index (χ4v) is 6.18. The van der Waals surface area contributed by atoms with E-state index in [0.29, 0.717) is 6.42 Å². The van der Waals surface area contributed by atoms with Gasteiger partial charge in [0.25, 0.3) is 0 Å². The predicted octanol–water partition coefficient (Wildman–Crippen LogP) is 7.10. The minimum atomic E-state index is -3.48. The molecule has 0 aliphatic carbocycles. The largest absolute Gasteiger partial charge is 0.481 e. The SMILES string of the molecule is C=CC[C@@H](c1ccc(CP(=O)(OC(C)(C)C)OC(C)(C)C)cc1)[C@H](CC(=O)OC(C)(C)C)C(=O)O. The summed E-state index contributed by atoms with van der Waals surface area (Å²) in [5, 5.41) is 9.89. The van der Waals surface area contributed by atoms with Crippen LogP contribution in [0.5, 0.6) is 0 Å². The van der Waals surface area contributed by atoms with Gasteiger partial charge < -0.3 is 18.9 Å². The number of hydrogen-bond donors (Lipinski definition) is 1. The maximum atomic E-state index is 13.6. The third-order valence-electron chi connectivity index (χ3n) is 4.64. The van der Waals surface area contributed by atoms with Crippen molar-refractivity contribution < 1.29 is 33.0 Å². The minimum Gasteiger partial charge on any atom is -0.481 e. The number of carbonyl (C=O) groups is 2. The van der Waals surface area contributed by atoms with E-state index in [1.807, 2.05) is 41.5 Å². The zero-order valence-electron chi connectivity index (χ0n) is 22.7. The molecule has 1 aromatic carbocycles. The zero-order valence-corrected chi connectivity index (χ0v) is 23.6. The number of ether oxygens (including phenoxy) is 1. The quantitative estimate of drug-likeness (QED) is 0.192. The second-order valence-corrected chi connectivity index (χ2v) is 13.7. The lowest BCUT2D eigenvalue weighted by molar-refractivity contribution is -0.160. The van der Waals surface area contributed by atoms with Gasteiger partial charge in [-0.25, -0.2) is 0 Å². The molecule has 0 saturated heterocycles. The lowest BCUT2D eigenvalue weighted by Crippen LogP contribution is -2.30. The number of rotatable bonds is 11. The highest BCUT2D eigenvalue weighted by Crippen LogP contribution is 2.57. The third-order valence-corrected chi connectivity index (χ3v) is 7.04. The van der Waals surface area contributed by atoms with Gasteiger partial charge in [0.1, 0.15) is 5.60 Å². The summed E-state index contributed by atoms with van der Waals surface area (Å²) in [5.74, 6) is -3.09. The summed E-state index contributed by atoms with van der Waals surface area (Å²) < 4.78 is 30.7. The highest BCUT2D eigenvalue weighted by molar-refractivity contribution is 7.53. The maximum absolute atomic E-state index is 13.6. The van der Waals surface area contributed by atoms with Crippen LogP contribution in [0.3, 0.4) is 0 Å². The van der Waals surface area contributed by atoms with Crippen molar-refractivity contribution in [1.82, 2.24) is 0 Å². The van der Waals surface area contributed by atoms with Crippen molar-refractivity contribution in [2.75, 3.05) is 0 Å². The molecule has 0 bridgehead atoms. The molecule has 0 heterocycles. The van der Waals surface area contributed by atoms with Crippen molar-refractivity contribution in [1.29, 1.82) is 0 Å². The first-order valence-corrected chi connectivity index (χ1v) is 13.6. The second kappa shape index (κ2) is 11.9. The highest BCUT2D eigenvalue weighted by atomic mass is 31.2. The molecule has 0 aliphatic rings. The van der Waals surface area contributed by atoms with Gasteiger partial charge in [0.05, 0.1) is 29.7 Å². The summed E-state index contributed by atoms with van der Waals surface area (Å²) in [6.45, 7) is 19.9. The molecule has 0 spiro atoms. The summed E-state index contributed by atoms with van der Waals surface area (Å²) in [5.41, 5.74) is -0.540. The summed E-state index contributed by atoms with van der Waals surface area (Å²) >= 11 is 0. The van der Waals surface area contributed by atoms with Gasteiger partial charge in [-0.3, -0.25) is 14.2 Å². The van der Waals surface area contributed by atoms with Crippen LogP contribution in [-0.4, -0.2) is 33.8 Å². The van der Waals surface area contributed by atoms with Crippen LogP contribution in [0.1, 0.15) is 92.2 Å². The van der Waals surface area contributed by atoms with Gasteiger partial charge in [0.2, 0.25) is 0 Å². The Morgan fingerprint density at radius 1 is 0.943 bits per heavy atom. The number of esters is 1. The first-order valence-electron chi connectivity index (χ1n) is 11.9. The standard InChI is InChI=1S/C27H43O7P/c1-11-12-21(22(24(29)30)17-23(28)32-25(2,3)4)20-15-13-19(14-16-20)18-35(31,33-26(5,6)7)34-27(8,9)10/h11,13-16,21-22H,1,12,17-18H2,2-10H3,(H,29,30)/t21-,22-/m0/s1. The molecule has 0 saturated carbocycles. The number of aliphatic carboxylic acids is 1. The average Bonchev–Trinajstić information content (AvgIpc) is 2.60. The molecule has 0 unspecified atom stereocenters. The van der Waals surface area contributed by atoms with Gasteiger partial charge in [-0.1, -0.05) is 30.3 Å². The molecule has 0 aromatic heterocycles. The predicted molar refractivity (Wildman–Crippen MR) is 139 cm³/mol. The van der Waals surface area contributed by atoms with Crippen LogP contribution in [-0.2, 0) is 34.1 Å². The Kier molecular flexibility index (Phi) is 10.5. The van der Waals surface area contributed by atoms with E-state index in [9.17, 15) is 19.3 Å². The molecule has 0 amide bonds. The minimum absolute atomic E-state index is 0.0776. The summed E-state index contributed by atoms with van der Waals surface area (Å²) in [7, 11) is -3.48. The van der Waals surface area contributed by atoms with Crippen molar-refractivity contribution in [2.45, 2.75) is 104 Å². The third kappa shape index (κ3) is 12.0. The molecule has 198 valence electrons. The summed E-state index contributed by atoms with van der Waals surface area (Å²) in [6.07, 6.45) is 1.85. The molecule has 1 aromatic rings. The number of hydrogen-bond acceptors (Lipinski definition) is 6. The second-order valence-electron chi connectivity index (χ2n) is 11.8. The number of carbonyl (C=O) groups excluding carboxylic acids is 1. The van der Waals surface area contributed by atoms with Crippen LogP contribution in [0.15, 0.2) is 36.9 Å². The van der Waals surface area contributed by atoms with E-state index in [4.69, 9.17) is 13.8 Å². The molecule has 0 aliphatic heterocycles. The Hall–Kier alpha value is -1.95. The molecule has 0 fully saturated rings. The van der Waals surface area contributed by atoms with Crippen molar-refractivity contribution in [3.05, 3.63) is 48.0 Å². The van der Waals surface area contributed by atoms with Crippen LogP contribution < -0.4 is 0 Å². The van der Waals surface area contributed by atoms with Gasteiger partial charge in [0.15, 0.2) is 0 Å². The van der Waals surface area contributed by atoms with Gasteiger partial charge >= 0.3 is 19.5 Å². The average molecular weight is 511 g/mol. The van der Waals surface area contributed by atoms with E-state index in [-0.39, 0.29) is 12.6 Å². The van der Waals surface area contributed by atoms with E-state index < -0.39 is 48.2 Å². The molecular weight excluding hydrogens is 467 g/mol. The molecule has 1 N–H and O–H groups in total. The van der Waals surface area contributed by atoms with Crippen LogP contribution in [0.4, 0.5) is 0 Å². The van der Waals surface area contributed by atoms with E-state index in [1.165, 1.54) is 0 Å². The molecule has 35 heavy (non-hydrogen) atoms. The molecule has 0 radical (unpaired) electrons. The maximum Gasteiger partial charge on any atom is 0.336 e. The van der Waals surface area contributed by atoms with Gasteiger partial charge in [-0.05, 0) is 79.9 Å². The highest BCUT2D eigenvalue weighted by Gasteiger charge is 2.36. The van der Waals surface area contributed by atoms with Crippen molar-refractivity contribution in [3.8, 4) is 0 Å². The van der Waals surface area contributed by atoms with Crippen molar-refractivity contribution in [2.24, 2.45) is 5.92 Å². The van der Waals surface area contributed by atoms with Gasteiger partial charge in [0, 0.05) is 5.92 Å². The number of benzene rings is 1. The fraction of sp³-hybridized carbons (Fsp3) is 0.630. The molecule has 8 heteroatoms. The number of allylic oxidation sites excluding steroid dienone is 1. The topological polar surface area (TPSA) is 99.1 Å².